The van der Waals surface area contributed by atoms with Crippen molar-refractivity contribution in [2.24, 2.45) is 17.6 Å². The van der Waals surface area contributed by atoms with Crippen LogP contribution in [0.3, 0.4) is 0 Å². The minimum absolute atomic E-state index is 0.139. The summed E-state index contributed by atoms with van der Waals surface area (Å²) >= 11 is 0. The molecule has 1 fully saturated rings. The first kappa shape index (κ1) is 13.0. The van der Waals surface area contributed by atoms with E-state index in [2.05, 4.69) is 10.3 Å². The lowest BCUT2D eigenvalue weighted by Crippen LogP contribution is -2.29. The van der Waals surface area contributed by atoms with Crippen LogP contribution in [-0.2, 0) is 4.79 Å². The van der Waals surface area contributed by atoms with E-state index in [1.165, 1.54) is 0 Å². The van der Waals surface area contributed by atoms with Crippen LogP contribution >= 0.6 is 0 Å². The topological polar surface area (TPSA) is 68.0 Å². The lowest BCUT2D eigenvalue weighted by Gasteiger charge is -2.26. The molecule has 98 valence electrons. The van der Waals surface area contributed by atoms with E-state index in [9.17, 15) is 4.79 Å². The van der Waals surface area contributed by atoms with E-state index in [4.69, 9.17) is 5.73 Å². The van der Waals surface area contributed by atoms with E-state index in [1.807, 2.05) is 13.0 Å². The molecular formula is C14H21N3O. The molecule has 1 heterocycles. The molecule has 1 saturated carbocycles. The number of amides is 1. The third-order valence-corrected chi connectivity index (χ3v) is 3.83. The number of hydrogen-bond acceptors (Lipinski definition) is 3. The molecule has 2 rings (SSSR count). The SMILES string of the molecule is Cc1cnccc1NC(=O)C1CCC(CN)CC1. The number of nitrogens with one attached hydrogen (secondary N) is 1. The van der Waals surface area contributed by atoms with Crippen LogP contribution in [0.1, 0.15) is 31.2 Å². The van der Waals surface area contributed by atoms with Gasteiger partial charge < -0.3 is 11.1 Å². The van der Waals surface area contributed by atoms with Gasteiger partial charge in [0.2, 0.25) is 5.91 Å². The van der Waals surface area contributed by atoms with E-state index in [-0.39, 0.29) is 11.8 Å². The van der Waals surface area contributed by atoms with Crippen LogP contribution < -0.4 is 11.1 Å². The van der Waals surface area contributed by atoms with Crippen molar-refractivity contribution in [3.05, 3.63) is 24.0 Å². The minimum atomic E-state index is 0.139. The Kier molecular flexibility index (Phi) is 4.31. The second-order valence-electron chi connectivity index (χ2n) is 5.13. The number of anilines is 1. The molecule has 0 spiro atoms. The first-order valence-electron chi connectivity index (χ1n) is 6.62. The van der Waals surface area contributed by atoms with Crippen molar-refractivity contribution < 1.29 is 4.79 Å². The largest absolute Gasteiger partial charge is 0.330 e. The standard InChI is InChI=1S/C14H21N3O/c1-10-9-16-7-6-13(10)17-14(18)12-4-2-11(8-15)3-5-12/h6-7,9,11-12H,2-5,8,15H2,1H3,(H,16,17,18). The fourth-order valence-electron chi connectivity index (χ4n) is 2.51. The lowest BCUT2D eigenvalue weighted by molar-refractivity contribution is -0.121. The lowest BCUT2D eigenvalue weighted by atomic mass is 9.81. The maximum absolute atomic E-state index is 12.2. The van der Waals surface area contributed by atoms with E-state index in [0.29, 0.717) is 5.92 Å². The summed E-state index contributed by atoms with van der Waals surface area (Å²) in [5, 5.41) is 3.00. The molecule has 4 nitrogen and oxygen atoms in total. The monoisotopic (exact) mass is 247 g/mol. The number of hydrogen-bond donors (Lipinski definition) is 2. The van der Waals surface area contributed by atoms with Gasteiger partial charge in [-0.15, -0.1) is 0 Å². The second kappa shape index (κ2) is 5.96. The number of nitrogens with two attached hydrogens (primary N) is 1. The average Bonchev–Trinajstić information content (AvgIpc) is 2.41. The smallest absolute Gasteiger partial charge is 0.227 e. The Hall–Kier alpha value is -1.42. The van der Waals surface area contributed by atoms with Crippen molar-refractivity contribution in [1.82, 2.24) is 4.98 Å². The second-order valence-corrected chi connectivity index (χ2v) is 5.13. The van der Waals surface area contributed by atoms with Gasteiger partial charge in [-0.3, -0.25) is 9.78 Å². The summed E-state index contributed by atoms with van der Waals surface area (Å²) in [6.07, 6.45) is 7.53. The third kappa shape index (κ3) is 3.07. The van der Waals surface area contributed by atoms with Gasteiger partial charge in [-0.05, 0) is 56.7 Å². The summed E-state index contributed by atoms with van der Waals surface area (Å²) in [6.45, 7) is 2.70. The molecule has 0 aromatic carbocycles. The number of carbonyl (C=O) groups excluding carboxylic acids is 1. The molecule has 18 heavy (non-hydrogen) atoms. The Morgan fingerprint density at radius 2 is 2.17 bits per heavy atom. The number of aryl methyl sites for hydroxylation is 1. The van der Waals surface area contributed by atoms with Crippen molar-refractivity contribution in [2.45, 2.75) is 32.6 Å². The first-order valence-corrected chi connectivity index (χ1v) is 6.62. The molecule has 4 heteroatoms. The highest BCUT2D eigenvalue weighted by Crippen LogP contribution is 2.29. The highest BCUT2D eigenvalue weighted by molar-refractivity contribution is 5.93. The van der Waals surface area contributed by atoms with Crippen molar-refractivity contribution in [3.8, 4) is 0 Å². The Morgan fingerprint density at radius 3 is 2.78 bits per heavy atom. The van der Waals surface area contributed by atoms with Crippen LogP contribution in [0, 0.1) is 18.8 Å². The maximum Gasteiger partial charge on any atom is 0.227 e. The summed E-state index contributed by atoms with van der Waals surface area (Å²) in [4.78, 5) is 16.2. The molecule has 1 aromatic heterocycles. The highest BCUT2D eigenvalue weighted by atomic mass is 16.1. The number of aromatic nitrogens is 1. The molecule has 0 saturated heterocycles. The summed E-state index contributed by atoms with van der Waals surface area (Å²) in [5.41, 5.74) is 7.53. The Morgan fingerprint density at radius 1 is 1.44 bits per heavy atom. The minimum Gasteiger partial charge on any atom is -0.330 e. The predicted molar refractivity (Wildman–Crippen MR) is 72.1 cm³/mol. The third-order valence-electron chi connectivity index (χ3n) is 3.83. The summed E-state index contributed by atoms with van der Waals surface area (Å²) in [5.74, 6) is 0.886. The van der Waals surface area contributed by atoms with E-state index < -0.39 is 0 Å². The maximum atomic E-state index is 12.2. The van der Waals surface area contributed by atoms with Gasteiger partial charge in [-0.25, -0.2) is 0 Å². The van der Waals surface area contributed by atoms with Crippen LogP contribution in [0.4, 0.5) is 5.69 Å². The van der Waals surface area contributed by atoms with E-state index >= 15 is 0 Å². The van der Waals surface area contributed by atoms with Crippen molar-refractivity contribution >= 4 is 11.6 Å². The van der Waals surface area contributed by atoms with Gasteiger partial charge in [0.05, 0.1) is 0 Å². The molecule has 3 N–H and O–H groups in total. The van der Waals surface area contributed by atoms with Crippen molar-refractivity contribution in [1.29, 1.82) is 0 Å². The normalized spacial score (nSPS) is 23.7. The molecule has 1 aliphatic rings. The number of carbonyl (C=O) groups is 1. The van der Waals surface area contributed by atoms with Gasteiger partial charge in [0.1, 0.15) is 0 Å². The van der Waals surface area contributed by atoms with Gasteiger partial charge in [-0.1, -0.05) is 0 Å². The van der Waals surface area contributed by atoms with Crippen LogP contribution in [0.2, 0.25) is 0 Å². The molecule has 1 aromatic rings. The Balaban J connectivity index is 1.91. The highest BCUT2D eigenvalue weighted by Gasteiger charge is 2.25. The molecule has 1 amide bonds. The number of pyridine rings is 1. The van der Waals surface area contributed by atoms with Crippen LogP contribution in [0.25, 0.3) is 0 Å². The van der Waals surface area contributed by atoms with Gasteiger partial charge in [-0.2, -0.15) is 0 Å². The van der Waals surface area contributed by atoms with Crippen LogP contribution in [0.5, 0.6) is 0 Å². The number of rotatable bonds is 3. The Labute approximate surface area is 108 Å². The first-order chi connectivity index (χ1) is 8.70. The summed E-state index contributed by atoms with van der Waals surface area (Å²) in [7, 11) is 0. The van der Waals surface area contributed by atoms with Crippen molar-refractivity contribution in [2.75, 3.05) is 11.9 Å². The molecule has 0 radical (unpaired) electrons. The van der Waals surface area contributed by atoms with E-state index in [0.717, 1.165) is 43.5 Å². The summed E-state index contributed by atoms with van der Waals surface area (Å²) < 4.78 is 0. The Bertz CT molecular complexity index is 411. The zero-order chi connectivity index (χ0) is 13.0. The van der Waals surface area contributed by atoms with Crippen molar-refractivity contribution in [3.63, 3.8) is 0 Å². The van der Waals surface area contributed by atoms with Gasteiger partial charge >= 0.3 is 0 Å². The van der Waals surface area contributed by atoms with E-state index in [1.54, 1.807) is 12.4 Å². The fraction of sp³-hybridized carbons (Fsp3) is 0.571. The quantitative estimate of drug-likeness (QED) is 0.859. The number of nitrogens with zero attached hydrogens (tertiary/aromatic N) is 1. The molecule has 0 atom stereocenters. The molecule has 0 unspecified atom stereocenters. The summed E-state index contributed by atoms with van der Waals surface area (Å²) in [6, 6.07) is 1.85. The zero-order valence-corrected chi connectivity index (χ0v) is 10.9. The van der Waals surface area contributed by atoms with Gasteiger partial charge in [0, 0.05) is 24.0 Å². The molecule has 0 aliphatic heterocycles. The molecular weight excluding hydrogens is 226 g/mol. The van der Waals surface area contributed by atoms with Gasteiger partial charge in [0.15, 0.2) is 0 Å². The molecule has 1 aliphatic carbocycles. The van der Waals surface area contributed by atoms with Crippen LogP contribution in [0.15, 0.2) is 18.5 Å². The van der Waals surface area contributed by atoms with Gasteiger partial charge in [0.25, 0.3) is 0 Å². The zero-order valence-electron chi connectivity index (χ0n) is 10.9. The predicted octanol–water partition coefficient (Wildman–Crippen LogP) is 2.09. The molecule has 0 bridgehead atoms. The van der Waals surface area contributed by atoms with Crippen LogP contribution in [-0.4, -0.2) is 17.4 Å². The average molecular weight is 247 g/mol. The fourth-order valence-corrected chi connectivity index (χ4v) is 2.51.